The molecule has 0 fully saturated rings. The van der Waals surface area contributed by atoms with E-state index in [1.54, 1.807) is 45.2 Å². The Morgan fingerprint density at radius 3 is 2.58 bits per heavy atom. The summed E-state index contributed by atoms with van der Waals surface area (Å²) in [5, 5.41) is 13.3. The highest BCUT2D eigenvalue weighted by Crippen LogP contribution is 2.07. The zero-order valence-electron chi connectivity index (χ0n) is 11.2. The monoisotopic (exact) mass is 265 g/mol. The van der Waals surface area contributed by atoms with E-state index in [1.165, 1.54) is 0 Å². The molecule has 19 heavy (non-hydrogen) atoms. The molecule has 1 rings (SSSR count). The summed E-state index contributed by atoms with van der Waals surface area (Å²) in [6.07, 6.45) is 0.801. The van der Waals surface area contributed by atoms with E-state index in [2.05, 4.69) is 10.3 Å². The summed E-state index contributed by atoms with van der Waals surface area (Å²) in [7, 11) is 0. The van der Waals surface area contributed by atoms with Gasteiger partial charge in [-0.3, -0.25) is 4.98 Å². The lowest BCUT2D eigenvalue weighted by molar-refractivity contribution is -0.308. The third-order valence-electron chi connectivity index (χ3n) is 2.11. The highest BCUT2D eigenvalue weighted by atomic mass is 16.6. The van der Waals surface area contributed by atoms with E-state index >= 15 is 0 Å². The maximum absolute atomic E-state index is 11.5. The molecular weight excluding hydrogens is 248 g/mol. The topological polar surface area (TPSA) is 91.3 Å². The van der Waals surface area contributed by atoms with Crippen molar-refractivity contribution in [1.29, 1.82) is 0 Å². The zero-order chi connectivity index (χ0) is 14.5. The van der Waals surface area contributed by atoms with E-state index in [1.807, 2.05) is 0 Å². The number of hydrogen-bond donors (Lipinski definition) is 1. The first-order chi connectivity index (χ1) is 8.78. The largest absolute Gasteiger partial charge is 0.548 e. The van der Waals surface area contributed by atoms with Gasteiger partial charge in [-0.15, -0.1) is 0 Å². The molecule has 0 spiro atoms. The molecule has 6 nitrogen and oxygen atoms in total. The summed E-state index contributed by atoms with van der Waals surface area (Å²) in [6.45, 7) is 5.08. The van der Waals surface area contributed by atoms with Crippen LogP contribution in [0.3, 0.4) is 0 Å². The van der Waals surface area contributed by atoms with Gasteiger partial charge in [-0.25, -0.2) is 4.79 Å². The van der Waals surface area contributed by atoms with Crippen LogP contribution < -0.4 is 10.4 Å². The molecule has 0 aromatic carbocycles. The lowest BCUT2D eigenvalue weighted by Crippen LogP contribution is -2.50. The second-order valence-electron chi connectivity index (χ2n) is 5.04. The number of amides is 1. The molecule has 1 atom stereocenters. The molecule has 104 valence electrons. The molecule has 1 heterocycles. The zero-order valence-corrected chi connectivity index (χ0v) is 11.2. The predicted molar refractivity (Wildman–Crippen MR) is 66.1 cm³/mol. The quantitative estimate of drug-likeness (QED) is 0.843. The highest BCUT2D eigenvalue weighted by molar-refractivity contribution is 5.78. The van der Waals surface area contributed by atoms with Gasteiger partial charge in [-0.05, 0) is 32.9 Å². The van der Waals surface area contributed by atoms with Crippen LogP contribution in [0.2, 0.25) is 0 Å². The van der Waals surface area contributed by atoms with Crippen LogP contribution in [-0.4, -0.2) is 28.7 Å². The summed E-state index contributed by atoms with van der Waals surface area (Å²) < 4.78 is 4.99. The molecule has 0 aliphatic rings. The Morgan fingerprint density at radius 1 is 1.42 bits per heavy atom. The average molecular weight is 265 g/mol. The van der Waals surface area contributed by atoms with Gasteiger partial charge in [0, 0.05) is 18.3 Å². The van der Waals surface area contributed by atoms with Gasteiger partial charge >= 0.3 is 6.09 Å². The molecule has 0 aliphatic heterocycles. The van der Waals surface area contributed by atoms with E-state index < -0.39 is 23.7 Å². The third kappa shape index (κ3) is 5.85. The molecule has 0 saturated heterocycles. The normalized spacial score (nSPS) is 12.6. The van der Waals surface area contributed by atoms with E-state index in [0.717, 1.165) is 0 Å². The number of aliphatic carboxylic acids is 1. The van der Waals surface area contributed by atoms with E-state index in [9.17, 15) is 14.7 Å². The van der Waals surface area contributed by atoms with Gasteiger partial charge in [0.25, 0.3) is 0 Å². The Hall–Kier alpha value is -2.11. The molecule has 0 unspecified atom stereocenters. The van der Waals surface area contributed by atoms with Crippen molar-refractivity contribution in [1.82, 2.24) is 10.3 Å². The lowest BCUT2D eigenvalue weighted by Gasteiger charge is -2.24. The Kier molecular flexibility index (Phi) is 4.86. The highest BCUT2D eigenvalue weighted by Gasteiger charge is 2.20. The molecule has 6 heteroatoms. The summed E-state index contributed by atoms with van der Waals surface area (Å²) in [4.78, 5) is 26.5. The number of carboxylic acid groups (broad SMARTS) is 1. The van der Waals surface area contributed by atoms with Crippen molar-refractivity contribution in [3.05, 3.63) is 30.1 Å². The number of pyridine rings is 1. The molecule has 0 aliphatic carbocycles. The number of hydrogen-bond acceptors (Lipinski definition) is 5. The fourth-order valence-corrected chi connectivity index (χ4v) is 1.37. The van der Waals surface area contributed by atoms with Crippen molar-refractivity contribution in [3.8, 4) is 0 Å². The Bertz CT molecular complexity index is 440. The third-order valence-corrected chi connectivity index (χ3v) is 2.11. The van der Waals surface area contributed by atoms with E-state index in [0.29, 0.717) is 5.69 Å². The van der Waals surface area contributed by atoms with Crippen LogP contribution in [0.15, 0.2) is 24.4 Å². The van der Waals surface area contributed by atoms with Crippen molar-refractivity contribution >= 4 is 12.1 Å². The minimum atomic E-state index is -1.38. The second kappa shape index (κ2) is 6.17. The van der Waals surface area contributed by atoms with Gasteiger partial charge in [-0.2, -0.15) is 0 Å². The number of nitrogens with one attached hydrogen (secondary N) is 1. The Balaban J connectivity index is 2.64. The maximum Gasteiger partial charge on any atom is 0.408 e. The molecule has 1 aromatic rings. The molecular formula is C13H17N2O4-. The fraction of sp³-hybridized carbons (Fsp3) is 0.462. The Morgan fingerprint density at radius 2 is 2.11 bits per heavy atom. The van der Waals surface area contributed by atoms with E-state index in [-0.39, 0.29) is 6.42 Å². The number of carbonyl (C=O) groups excluding carboxylic acids is 2. The second-order valence-corrected chi connectivity index (χ2v) is 5.04. The minimum Gasteiger partial charge on any atom is -0.548 e. The van der Waals surface area contributed by atoms with Gasteiger partial charge in [-0.1, -0.05) is 6.07 Å². The number of alkyl carbamates (subject to hydrolysis) is 1. The average Bonchev–Trinajstić information content (AvgIpc) is 2.26. The van der Waals surface area contributed by atoms with Gasteiger partial charge < -0.3 is 20.0 Å². The van der Waals surface area contributed by atoms with Crippen LogP contribution in [0.5, 0.6) is 0 Å². The molecule has 1 N–H and O–H groups in total. The summed E-state index contributed by atoms with van der Waals surface area (Å²) in [5.74, 6) is -1.38. The summed E-state index contributed by atoms with van der Waals surface area (Å²) in [5.41, 5.74) is -0.140. The Labute approximate surface area is 111 Å². The number of carboxylic acids is 1. The molecule has 0 saturated carbocycles. The molecule has 1 amide bonds. The number of rotatable bonds is 4. The number of nitrogens with zero attached hydrogens (tertiary/aromatic N) is 1. The van der Waals surface area contributed by atoms with Crippen LogP contribution in [0.25, 0.3) is 0 Å². The molecule has 1 aromatic heterocycles. The summed E-state index contributed by atoms with van der Waals surface area (Å²) >= 11 is 0. The van der Waals surface area contributed by atoms with Crippen LogP contribution in [0.1, 0.15) is 26.5 Å². The van der Waals surface area contributed by atoms with Crippen LogP contribution in [-0.2, 0) is 16.0 Å². The van der Waals surface area contributed by atoms with Crippen molar-refractivity contribution in [2.45, 2.75) is 38.8 Å². The van der Waals surface area contributed by atoms with E-state index in [4.69, 9.17) is 4.74 Å². The number of ether oxygens (including phenoxy) is 1. The molecule has 0 bridgehead atoms. The number of aromatic nitrogens is 1. The van der Waals surface area contributed by atoms with Crippen molar-refractivity contribution in [3.63, 3.8) is 0 Å². The van der Waals surface area contributed by atoms with Gasteiger partial charge in [0.05, 0.1) is 12.0 Å². The van der Waals surface area contributed by atoms with Crippen molar-refractivity contribution in [2.24, 2.45) is 0 Å². The van der Waals surface area contributed by atoms with Crippen LogP contribution >= 0.6 is 0 Å². The smallest absolute Gasteiger partial charge is 0.408 e. The van der Waals surface area contributed by atoms with Crippen molar-refractivity contribution in [2.75, 3.05) is 0 Å². The first-order valence-electron chi connectivity index (χ1n) is 5.88. The van der Waals surface area contributed by atoms with Crippen LogP contribution in [0.4, 0.5) is 4.79 Å². The maximum atomic E-state index is 11.5. The first kappa shape index (κ1) is 14.9. The first-order valence-corrected chi connectivity index (χ1v) is 5.88. The summed E-state index contributed by atoms with van der Waals surface area (Å²) in [6, 6.07) is 3.96. The van der Waals surface area contributed by atoms with Gasteiger partial charge in [0.1, 0.15) is 5.60 Å². The molecule has 0 radical (unpaired) electrons. The minimum absolute atomic E-state index is 0.0441. The SMILES string of the molecule is CC(C)(C)OC(=O)N[C@H](Cc1ccccn1)C(=O)[O-]. The lowest BCUT2D eigenvalue weighted by atomic mass is 10.1. The van der Waals surface area contributed by atoms with Crippen molar-refractivity contribution < 1.29 is 19.4 Å². The standard InChI is InChI=1S/C13H18N2O4/c1-13(2,3)19-12(18)15-10(11(16)17)8-9-6-4-5-7-14-9/h4-7,10H,8H2,1-3H3,(H,15,18)(H,16,17)/p-1/t10-/m1/s1. The predicted octanol–water partition coefficient (Wildman–Crippen LogP) is 0.267. The fourth-order valence-electron chi connectivity index (χ4n) is 1.37. The van der Waals surface area contributed by atoms with Gasteiger partial charge in [0.2, 0.25) is 0 Å². The number of carbonyl (C=O) groups is 2. The van der Waals surface area contributed by atoms with Crippen LogP contribution in [0, 0.1) is 0 Å². The van der Waals surface area contributed by atoms with Gasteiger partial charge in [0.15, 0.2) is 0 Å².